The zero-order chi connectivity index (χ0) is 19.2. The fraction of sp³-hybridized carbons (Fsp3) is 0.421. The number of carbonyl (C=O) groups is 2. The average Bonchev–Trinajstić information content (AvgIpc) is 3.09. The number of rotatable bonds is 8. The largest absolute Gasteiger partial charge is 0.369 e. The van der Waals surface area contributed by atoms with E-state index in [0.29, 0.717) is 5.69 Å². The van der Waals surface area contributed by atoms with Crippen molar-refractivity contribution in [2.24, 2.45) is 5.73 Å². The molecule has 0 bridgehead atoms. The number of aryl methyl sites for hydroxylation is 2. The number of benzene rings is 1. The molecule has 8 heteroatoms. The van der Waals surface area contributed by atoms with Gasteiger partial charge < -0.3 is 11.1 Å². The Morgan fingerprint density at radius 1 is 1.30 bits per heavy atom. The molecule has 1 unspecified atom stereocenters. The van der Waals surface area contributed by atoms with Crippen molar-refractivity contribution >= 4 is 40.6 Å². The molecule has 3 rings (SSSR count). The molecule has 0 saturated heterocycles. The van der Waals surface area contributed by atoms with E-state index in [1.165, 1.54) is 35.2 Å². The van der Waals surface area contributed by atoms with E-state index < -0.39 is 0 Å². The fourth-order valence-electron chi connectivity index (χ4n) is 2.93. The maximum Gasteiger partial charge on any atom is 0.238 e. The minimum atomic E-state index is -0.386. The molecule has 27 heavy (non-hydrogen) atoms. The second kappa shape index (κ2) is 9.34. The van der Waals surface area contributed by atoms with Crippen molar-refractivity contribution < 1.29 is 9.59 Å². The fourth-order valence-corrected chi connectivity index (χ4v) is 4.86. The van der Waals surface area contributed by atoms with E-state index in [1.807, 2.05) is 31.2 Å². The van der Waals surface area contributed by atoms with Gasteiger partial charge in [-0.1, -0.05) is 12.1 Å². The Hall–Kier alpha value is -1.90. The normalized spacial score (nSPS) is 14.4. The zero-order valence-corrected chi connectivity index (χ0v) is 16.9. The summed E-state index contributed by atoms with van der Waals surface area (Å²) in [4.78, 5) is 30.3. The first kappa shape index (κ1) is 19.9. The molecule has 1 aromatic heterocycles. The number of hydrogen-bond donors (Lipinski definition) is 3. The van der Waals surface area contributed by atoms with Gasteiger partial charge in [-0.05, 0) is 44.7 Å². The van der Waals surface area contributed by atoms with Gasteiger partial charge in [-0.25, -0.2) is 4.98 Å². The highest BCUT2D eigenvalue weighted by Crippen LogP contribution is 2.30. The van der Waals surface area contributed by atoms with Crippen molar-refractivity contribution in [2.45, 2.75) is 43.5 Å². The first-order valence-corrected chi connectivity index (χ1v) is 10.8. The molecule has 144 valence electrons. The van der Waals surface area contributed by atoms with Crippen LogP contribution >= 0.6 is 23.1 Å². The highest BCUT2D eigenvalue weighted by Gasteiger charge is 2.19. The molecule has 2 aromatic rings. The standard InChI is InChI=1S/C19H24N4O2S2/c1-12(19-23-14-7-3-5-9-16(14)27-19)21-10-18(25)22-13-6-2-4-8-15(13)26-11-17(20)24/h2,4,6,8,12,21H,3,5,7,9-11H2,1H3,(H2,20,24)(H,22,25). The Bertz CT molecular complexity index is 798. The molecule has 2 amide bonds. The molecule has 1 atom stereocenters. The number of primary amides is 1. The van der Waals surface area contributed by atoms with Crippen molar-refractivity contribution in [2.75, 3.05) is 17.6 Å². The number of para-hydroxylation sites is 1. The van der Waals surface area contributed by atoms with Crippen molar-refractivity contribution in [3.8, 4) is 0 Å². The molecule has 0 fully saturated rings. The van der Waals surface area contributed by atoms with Gasteiger partial charge in [0.2, 0.25) is 11.8 Å². The van der Waals surface area contributed by atoms with Crippen LogP contribution in [0.15, 0.2) is 29.2 Å². The molecule has 0 radical (unpaired) electrons. The van der Waals surface area contributed by atoms with E-state index in [9.17, 15) is 9.59 Å². The Morgan fingerprint density at radius 2 is 2.07 bits per heavy atom. The van der Waals surface area contributed by atoms with Crippen molar-refractivity contribution in [3.05, 3.63) is 39.8 Å². The lowest BCUT2D eigenvalue weighted by Crippen LogP contribution is -2.30. The number of aromatic nitrogens is 1. The maximum atomic E-state index is 12.3. The summed E-state index contributed by atoms with van der Waals surface area (Å²) in [6.07, 6.45) is 4.65. The third kappa shape index (κ3) is 5.54. The Labute approximate surface area is 167 Å². The van der Waals surface area contributed by atoms with Crippen molar-refractivity contribution in [1.29, 1.82) is 0 Å². The topological polar surface area (TPSA) is 97.1 Å². The Morgan fingerprint density at radius 3 is 2.85 bits per heavy atom. The lowest BCUT2D eigenvalue weighted by molar-refractivity contribution is -0.116. The quantitative estimate of drug-likeness (QED) is 0.588. The van der Waals surface area contributed by atoms with Crippen LogP contribution in [0.2, 0.25) is 0 Å². The predicted octanol–water partition coefficient (Wildman–Crippen LogP) is 2.89. The number of anilines is 1. The van der Waals surface area contributed by atoms with Gasteiger partial charge in [0, 0.05) is 9.77 Å². The molecule has 6 nitrogen and oxygen atoms in total. The van der Waals surface area contributed by atoms with Crippen molar-refractivity contribution in [1.82, 2.24) is 10.3 Å². The number of thioether (sulfide) groups is 1. The molecule has 4 N–H and O–H groups in total. The van der Waals surface area contributed by atoms with Gasteiger partial charge in [0.05, 0.1) is 29.7 Å². The van der Waals surface area contributed by atoms with Crippen LogP contribution in [0.1, 0.15) is 41.4 Å². The third-order valence-corrected chi connectivity index (χ3v) is 6.77. The summed E-state index contributed by atoms with van der Waals surface area (Å²) in [5, 5.41) is 7.20. The van der Waals surface area contributed by atoms with Crippen LogP contribution in [0.5, 0.6) is 0 Å². The van der Waals surface area contributed by atoms with Gasteiger partial charge in [0.1, 0.15) is 5.01 Å². The zero-order valence-electron chi connectivity index (χ0n) is 15.3. The van der Waals surface area contributed by atoms with E-state index in [4.69, 9.17) is 10.7 Å². The minimum absolute atomic E-state index is 0.0332. The molecule has 1 aromatic carbocycles. The Kier molecular flexibility index (Phi) is 6.87. The first-order chi connectivity index (χ1) is 13.0. The molecule has 0 aliphatic heterocycles. The van der Waals surface area contributed by atoms with Crippen LogP contribution in [-0.2, 0) is 22.4 Å². The van der Waals surface area contributed by atoms with Crippen LogP contribution in [0.3, 0.4) is 0 Å². The molecular formula is C19H24N4O2S2. The van der Waals surface area contributed by atoms with Crippen LogP contribution < -0.4 is 16.4 Å². The van der Waals surface area contributed by atoms with Gasteiger partial charge >= 0.3 is 0 Å². The highest BCUT2D eigenvalue weighted by molar-refractivity contribution is 8.00. The lowest BCUT2D eigenvalue weighted by atomic mass is 10.0. The molecular weight excluding hydrogens is 380 g/mol. The number of nitrogens with zero attached hydrogens (tertiary/aromatic N) is 1. The van der Waals surface area contributed by atoms with Gasteiger partial charge in [-0.2, -0.15) is 0 Å². The van der Waals surface area contributed by atoms with Gasteiger partial charge in [0.25, 0.3) is 0 Å². The molecule has 1 aliphatic rings. The second-order valence-electron chi connectivity index (χ2n) is 6.53. The van der Waals surface area contributed by atoms with E-state index >= 15 is 0 Å². The van der Waals surface area contributed by atoms with Crippen molar-refractivity contribution in [3.63, 3.8) is 0 Å². The van der Waals surface area contributed by atoms with Gasteiger partial charge in [-0.3, -0.25) is 14.9 Å². The van der Waals surface area contributed by atoms with E-state index in [0.717, 1.165) is 22.7 Å². The summed E-state index contributed by atoms with van der Waals surface area (Å²) in [7, 11) is 0. The highest BCUT2D eigenvalue weighted by atomic mass is 32.2. The first-order valence-electron chi connectivity index (χ1n) is 9.05. The molecule has 0 saturated carbocycles. The number of amides is 2. The van der Waals surface area contributed by atoms with Crippen LogP contribution in [0, 0.1) is 0 Å². The predicted molar refractivity (Wildman–Crippen MR) is 110 cm³/mol. The summed E-state index contributed by atoms with van der Waals surface area (Å²) in [6, 6.07) is 7.42. The van der Waals surface area contributed by atoms with E-state index in [1.54, 1.807) is 11.3 Å². The number of nitrogens with one attached hydrogen (secondary N) is 2. The monoisotopic (exact) mass is 404 g/mol. The van der Waals surface area contributed by atoms with Crippen LogP contribution in [-0.4, -0.2) is 29.1 Å². The molecule has 1 aliphatic carbocycles. The summed E-state index contributed by atoms with van der Waals surface area (Å²) < 4.78 is 0. The summed E-state index contributed by atoms with van der Waals surface area (Å²) in [6.45, 7) is 2.23. The van der Waals surface area contributed by atoms with E-state index in [2.05, 4.69) is 10.6 Å². The summed E-state index contributed by atoms with van der Waals surface area (Å²) in [5.41, 5.74) is 7.13. The maximum absolute atomic E-state index is 12.3. The lowest BCUT2D eigenvalue weighted by Gasteiger charge is -2.13. The summed E-state index contributed by atoms with van der Waals surface area (Å²) >= 11 is 3.07. The number of thiazole rings is 1. The third-order valence-electron chi connectivity index (χ3n) is 4.33. The van der Waals surface area contributed by atoms with E-state index in [-0.39, 0.29) is 30.2 Å². The van der Waals surface area contributed by atoms with Gasteiger partial charge in [-0.15, -0.1) is 23.1 Å². The van der Waals surface area contributed by atoms with Crippen LogP contribution in [0.25, 0.3) is 0 Å². The number of carbonyl (C=O) groups excluding carboxylic acids is 2. The summed E-state index contributed by atoms with van der Waals surface area (Å²) in [5.74, 6) is -0.338. The van der Waals surface area contributed by atoms with Crippen LogP contribution in [0.4, 0.5) is 5.69 Å². The second-order valence-corrected chi connectivity index (χ2v) is 8.66. The minimum Gasteiger partial charge on any atom is -0.369 e. The molecule has 1 heterocycles. The smallest absolute Gasteiger partial charge is 0.238 e. The Balaban J connectivity index is 1.54. The van der Waals surface area contributed by atoms with Gasteiger partial charge in [0.15, 0.2) is 0 Å². The number of nitrogens with two attached hydrogens (primary N) is 1. The number of hydrogen-bond acceptors (Lipinski definition) is 6. The SMILES string of the molecule is CC(NCC(=O)Nc1ccccc1SCC(N)=O)c1nc2c(s1)CCCC2. The average molecular weight is 405 g/mol. The number of fused-ring (bicyclic) bond motifs is 1. The molecule has 0 spiro atoms.